The van der Waals surface area contributed by atoms with Crippen LogP contribution in [0.5, 0.6) is 0 Å². The second kappa shape index (κ2) is 9.45. The normalized spacial score (nSPS) is 9.76. The SMILES string of the molecule is C=CCSCCNCc1ccc(F)c(F)c1.Cl. The van der Waals surface area contributed by atoms with E-state index in [-0.39, 0.29) is 12.4 Å². The summed E-state index contributed by atoms with van der Waals surface area (Å²) in [7, 11) is 0. The fourth-order valence-corrected chi connectivity index (χ4v) is 1.82. The van der Waals surface area contributed by atoms with Crippen LogP contribution in [0.4, 0.5) is 8.78 Å². The number of hydrogen-bond acceptors (Lipinski definition) is 2. The van der Waals surface area contributed by atoms with Crippen molar-refractivity contribution in [2.24, 2.45) is 0 Å². The number of nitrogens with one attached hydrogen (secondary N) is 1. The molecule has 0 aromatic heterocycles. The van der Waals surface area contributed by atoms with Crippen molar-refractivity contribution in [2.45, 2.75) is 6.54 Å². The number of thioether (sulfide) groups is 1. The van der Waals surface area contributed by atoms with Crippen LogP contribution in [0.3, 0.4) is 0 Å². The topological polar surface area (TPSA) is 12.0 Å². The Labute approximate surface area is 111 Å². The van der Waals surface area contributed by atoms with Crippen molar-refractivity contribution in [3.05, 3.63) is 48.1 Å². The van der Waals surface area contributed by atoms with Gasteiger partial charge in [0, 0.05) is 24.6 Å². The minimum absolute atomic E-state index is 0. The fraction of sp³-hybridized carbons (Fsp3) is 0.333. The predicted molar refractivity (Wildman–Crippen MR) is 72.8 cm³/mol. The van der Waals surface area contributed by atoms with Crippen LogP contribution < -0.4 is 5.32 Å². The number of rotatable bonds is 7. The molecule has 1 aromatic rings. The Bertz CT molecular complexity index is 347. The smallest absolute Gasteiger partial charge is 0.159 e. The maximum Gasteiger partial charge on any atom is 0.159 e. The highest BCUT2D eigenvalue weighted by molar-refractivity contribution is 7.99. The molecule has 1 aromatic carbocycles. The molecule has 0 bridgehead atoms. The summed E-state index contributed by atoms with van der Waals surface area (Å²) in [6, 6.07) is 3.96. The first-order chi connectivity index (χ1) is 7.74. The summed E-state index contributed by atoms with van der Waals surface area (Å²) in [6.07, 6.45) is 1.86. The first-order valence-corrected chi connectivity index (χ1v) is 6.23. The lowest BCUT2D eigenvalue weighted by molar-refractivity contribution is 0.506. The molecule has 0 aliphatic rings. The standard InChI is InChI=1S/C12H15F2NS.ClH/c1-2-6-16-7-5-15-9-10-3-4-11(13)12(14)8-10;/h2-4,8,15H,1,5-7,9H2;1H. The molecular formula is C12H16ClF2NS. The van der Waals surface area contributed by atoms with Gasteiger partial charge in [0.15, 0.2) is 11.6 Å². The number of benzene rings is 1. The molecule has 0 radical (unpaired) electrons. The summed E-state index contributed by atoms with van der Waals surface area (Å²) in [4.78, 5) is 0. The lowest BCUT2D eigenvalue weighted by Gasteiger charge is -2.04. The third-order valence-electron chi connectivity index (χ3n) is 1.97. The molecule has 0 aliphatic heterocycles. The highest BCUT2D eigenvalue weighted by atomic mass is 35.5. The molecule has 0 heterocycles. The maximum absolute atomic E-state index is 12.8. The second-order valence-electron chi connectivity index (χ2n) is 3.29. The molecule has 0 spiro atoms. The van der Waals surface area contributed by atoms with Gasteiger partial charge in [-0.05, 0) is 17.7 Å². The van der Waals surface area contributed by atoms with E-state index in [9.17, 15) is 8.78 Å². The Morgan fingerprint density at radius 1 is 1.29 bits per heavy atom. The van der Waals surface area contributed by atoms with Crippen LogP contribution in [0.2, 0.25) is 0 Å². The molecule has 0 saturated carbocycles. The summed E-state index contributed by atoms with van der Waals surface area (Å²) in [6.45, 7) is 5.03. The summed E-state index contributed by atoms with van der Waals surface area (Å²) in [5.41, 5.74) is 0.757. The van der Waals surface area contributed by atoms with Crippen LogP contribution in [0.15, 0.2) is 30.9 Å². The predicted octanol–water partition coefficient (Wildman–Crippen LogP) is 3.40. The highest BCUT2D eigenvalue weighted by Crippen LogP contribution is 2.08. The summed E-state index contributed by atoms with van der Waals surface area (Å²) >= 11 is 1.78. The quantitative estimate of drug-likeness (QED) is 0.606. The number of halogens is 3. The lowest BCUT2D eigenvalue weighted by Crippen LogP contribution is -2.16. The van der Waals surface area contributed by atoms with Crippen LogP contribution >= 0.6 is 24.2 Å². The van der Waals surface area contributed by atoms with E-state index in [0.29, 0.717) is 6.54 Å². The molecule has 17 heavy (non-hydrogen) atoms. The molecule has 0 amide bonds. The molecule has 1 N–H and O–H groups in total. The van der Waals surface area contributed by atoms with Crippen molar-refractivity contribution in [2.75, 3.05) is 18.1 Å². The van der Waals surface area contributed by atoms with E-state index >= 15 is 0 Å². The molecule has 1 rings (SSSR count). The van der Waals surface area contributed by atoms with Crippen LogP contribution in [0.25, 0.3) is 0 Å². The molecule has 0 atom stereocenters. The van der Waals surface area contributed by atoms with Crippen LogP contribution in [-0.2, 0) is 6.54 Å². The zero-order chi connectivity index (χ0) is 11.8. The van der Waals surface area contributed by atoms with Crippen molar-refractivity contribution in [1.82, 2.24) is 5.32 Å². The van der Waals surface area contributed by atoms with E-state index in [0.717, 1.165) is 29.7 Å². The Morgan fingerprint density at radius 2 is 2.06 bits per heavy atom. The fourth-order valence-electron chi connectivity index (χ4n) is 1.19. The van der Waals surface area contributed by atoms with E-state index in [1.807, 2.05) is 6.08 Å². The van der Waals surface area contributed by atoms with E-state index < -0.39 is 11.6 Å². The molecule has 0 aliphatic carbocycles. The molecule has 96 valence electrons. The van der Waals surface area contributed by atoms with E-state index in [1.54, 1.807) is 17.8 Å². The molecule has 1 nitrogen and oxygen atoms in total. The van der Waals surface area contributed by atoms with Crippen molar-refractivity contribution in [1.29, 1.82) is 0 Å². The first kappa shape index (κ1) is 16.4. The molecule has 0 fully saturated rings. The Balaban J connectivity index is 0.00000256. The van der Waals surface area contributed by atoms with Crippen molar-refractivity contribution in [3.63, 3.8) is 0 Å². The highest BCUT2D eigenvalue weighted by Gasteiger charge is 2.01. The average molecular weight is 280 g/mol. The van der Waals surface area contributed by atoms with Gasteiger partial charge in [-0.15, -0.1) is 19.0 Å². The summed E-state index contributed by atoms with van der Waals surface area (Å²) in [5.74, 6) is 0.327. The van der Waals surface area contributed by atoms with Crippen molar-refractivity contribution < 1.29 is 8.78 Å². The van der Waals surface area contributed by atoms with Gasteiger partial charge in [0.2, 0.25) is 0 Å². The van der Waals surface area contributed by atoms with Crippen LogP contribution in [0, 0.1) is 11.6 Å². The third kappa shape index (κ3) is 6.66. The van der Waals surface area contributed by atoms with Gasteiger partial charge in [-0.1, -0.05) is 12.1 Å². The van der Waals surface area contributed by atoms with Gasteiger partial charge in [-0.25, -0.2) is 8.78 Å². The minimum atomic E-state index is -0.801. The summed E-state index contributed by atoms with van der Waals surface area (Å²) in [5, 5.41) is 3.16. The summed E-state index contributed by atoms with van der Waals surface area (Å²) < 4.78 is 25.5. The first-order valence-electron chi connectivity index (χ1n) is 5.07. The van der Waals surface area contributed by atoms with E-state index in [2.05, 4.69) is 11.9 Å². The molecule has 0 saturated heterocycles. The zero-order valence-corrected chi connectivity index (χ0v) is 11.1. The Morgan fingerprint density at radius 3 is 2.71 bits per heavy atom. The lowest BCUT2D eigenvalue weighted by atomic mass is 10.2. The average Bonchev–Trinajstić information content (AvgIpc) is 2.28. The van der Waals surface area contributed by atoms with Gasteiger partial charge in [-0.3, -0.25) is 0 Å². The van der Waals surface area contributed by atoms with Gasteiger partial charge >= 0.3 is 0 Å². The van der Waals surface area contributed by atoms with Crippen LogP contribution in [-0.4, -0.2) is 18.1 Å². The minimum Gasteiger partial charge on any atom is -0.312 e. The Kier molecular flexibility index (Phi) is 9.13. The van der Waals surface area contributed by atoms with E-state index in [4.69, 9.17) is 0 Å². The van der Waals surface area contributed by atoms with Gasteiger partial charge in [0.25, 0.3) is 0 Å². The molecule has 0 unspecified atom stereocenters. The zero-order valence-electron chi connectivity index (χ0n) is 9.42. The van der Waals surface area contributed by atoms with E-state index in [1.165, 1.54) is 6.07 Å². The third-order valence-corrected chi connectivity index (χ3v) is 2.94. The van der Waals surface area contributed by atoms with Gasteiger partial charge < -0.3 is 5.32 Å². The van der Waals surface area contributed by atoms with Crippen molar-refractivity contribution >= 4 is 24.2 Å². The van der Waals surface area contributed by atoms with Crippen molar-refractivity contribution in [3.8, 4) is 0 Å². The molecule has 5 heteroatoms. The second-order valence-corrected chi connectivity index (χ2v) is 4.44. The van der Waals surface area contributed by atoms with Gasteiger partial charge in [-0.2, -0.15) is 11.8 Å². The number of hydrogen-bond donors (Lipinski definition) is 1. The van der Waals surface area contributed by atoms with Gasteiger partial charge in [0.1, 0.15) is 0 Å². The Hall–Kier alpha value is -0.580. The van der Waals surface area contributed by atoms with Crippen LogP contribution in [0.1, 0.15) is 5.56 Å². The largest absolute Gasteiger partial charge is 0.312 e. The maximum atomic E-state index is 12.8. The molecular weight excluding hydrogens is 264 g/mol. The van der Waals surface area contributed by atoms with Gasteiger partial charge in [0.05, 0.1) is 0 Å². The monoisotopic (exact) mass is 279 g/mol.